The van der Waals surface area contributed by atoms with Gasteiger partial charge in [0, 0.05) is 12.4 Å². The minimum Gasteiger partial charge on any atom is -0.479 e. The molecule has 2 rings (SSSR count). The summed E-state index contributed by atoms with van der Waals surface area (Å²) in [7, 11) is -4.02. The highest BCUT2D eigenvalue weighted by Crippen LogP contribution is 2.18. The van der Waals surface area contributed by atoms with E-state index < -0.39 is 22.0 Å². The van der Waals surface area contributed by atoms with Gasteiger partial charge in [-0.15, -0.1) is 0 Å². The summed E-state index contributed by atoms with van der Waals surface area (Å²) < 4.78 is 31.4. The molecule has 1 atom stereocenters. The largest absolute Gasteiger partial charge is 0.479 e. The second kappa shape index (κ2) is 6.89. The maximum atomic E-state index is 12.0. The van der Waals surface area contributed by atoms with E-state index in [-0.39, 0.29) is 16.2 Å². The molecule has 0 unspecified atom stereocenters. The zero-order valence-electron chi connectivity index (χ0n) is 12.1. The van der Waals surface area contributed by atoms with Crippen LogP contribution in [0.4, 0.5) is 0 Å². The molecular formula is C15H13N3O4S. The molecule has 1 heterocycles. The molecule has 0 aliphatic heterocycles. The number of benzene rings is 1. The van der Waals surface area contributed by atoms with Crippen molar-refractivity contribution in [2.75, 3.05) is 0 Å². The number of aromatic nitrogens is 1. The molecule has 23 heavy (non-hydrogen) atoms. The SMILES string of the molecule is C[C@H](Oc1ccccc1C#N)C(=O)NS(=O)(=O)c1cccnc1. The van der Waals surface area contributed by atoms with Crippen molar-refractivity contribution in [3.63, 3.8) is 0 Å². The van der Waals surface area contributed by atoms with Crippen LogP contribution in [0.5, 0.6) is 5.75 Å². The van der Waals surface area contributed by atoms with Crippen molar-refractivity contribution in [3.8, 4) is 11.8 Å². The van der Waals surface area contributed by atoms with Gasteiger partial charge in [0.05, 0.1) is 5.56 Å². The van der Waals surface area contributed by atoms with E-state index in [0.29, 0.717) is 0 Å². The predicted octanol–water partition coefficient (Wildman–Crippen LogP) is 1.23. The molecule has 0 saturated heterocycles. The van der Waals surface area contributed by atoms with Crippen LogP contribution < -0.4 is 9.46 Å². The Morgan fingerprint density at radius 1 is 1.30 bits per heavy atom. The highest BCUT2D eigenvalue weighted by molar-refractivity contribution is 7.90. The lowest BCUT2D eigenvalue weighted by Gasteiger charge is -2.15. The fourth-order valence-corrected chi connectivity index (χ4v) is 2.69. The van der Waals surface area contributed by atoms with Gasteiger partial charge in [-0.05, 0) is 31.2 Å². The molecule has 118 valence electrons. The van der Waals surface area contributed by atoms with E-state index in [4.69, 9.17) is 10.00 Å². The minimum atomic E-state index is -4.02. The lowest BCUT2D eigenvalue weighted by molar-refractivity contribution is -0.125. The van der Waals surface area contributed by atoms with E-state index in [1.807, 2.05) is 10.8 Å². The third-order valence-electron chi connectivity index (χ3n) is 2.86. The van der Waals surface area contributed by atoms with Crippen molar-refractivity contribution < 1.29 is 17.9 Å². The van der Waals surface area contributed by atoms with Gasteiger partial charge < -0.3 is 4.74 Å². The summed E-state index contributed by atoms with van der Waals surface area (Å²) in [4.78, 5) is 15.6. The Bertz CT molecular complexity index is 845. The number of para-hydroxylation sites is 1. The molecule has 0 fully saturated rings. The fraction of sp³-hybridized carbons (Fsp3) is 0.133. The van der Waals surface area contributed by atoms with Crippen LogP contribution in [0, 0.1) is 11.3 Å². The number of ether oxygens (including phenoxy) is 1. The van der Waals surface area contributed by atoms with Crippen LogP contribution in [-0.4, -0.2) is 25.4 Å². The van der Waals surface area contributed by atoms with Gasteiger partial charge in [-0.1, -0.05) is 12.1 Å². The topological polar surface area (TPSA) is 109 Å². The summed E-state index contributed by atoms with van der Waals surface area (Å²) in [5.74, 6) is -0.641. The van der Waals surface area contributed by atoms with Gasteiger partial charge in [-0.3, -0.25) is 9.78 Å². The molecular weight excluding hydrogens is 318 g/mol. The van der Waals surface area contributed by atoms with E-state index in [0.717, 1.165) is 6.20 Å². The van der Waals surface area contributed by atoms with Crippen molar-refractivity contribution >= 4 is 15.9 Å². The van der Waals surface area contributed by atoms with Gasteiger partial charge in [-0.25, -0.2) is 13.1 Å². The summed E-state index contributed by atoms with van der Waals surface area (Å²) in [6.45, 7) is 1.39. The van der Waals surface area contributed by atoms with Gasteiger partial charge in [0.2, 0.25) is 0 Å². The summed E-state index contributed by atoms with van der Waals surface area (Å²) >= 11 is 0. The molecule has 1 N–H and O–H groups in total. The number of sulfonamides is 1. The Hall–Kier alpha value is -2.92. The number of rotatable bonds is 5. The van der Waals surface area contributed by atoms with Crippen molar-refractivity contribution in [1.82, 2.24) is 9.71 Å². The number of hydrogen-bond donors (Lipinski definition) is 1. The number of amides is 1. The Kier molecular flexibility index (Phi) is 4.93. The number of pyridine rings is 1. The molecule has 0 saturated carbocycles. The maximum Gasteiger partial charge on any atom is 0.274 e. The predicted molar refractivity (Wildman–Crippen MR) is 80.8 cm³/mol. The van der Waals surface area contributed by atoms with Crippen LogP contribution in [0.15, 0.2) is 53.7 Å². The number of nitriles is 1. The van der Waals surface area contributed by atoms with E-state index in [9.17, 15) is 13.2 Å². The molecule has 0 bridgehead atoms. The normalized spacial score (nSPS) is 12.0. The first-order chi connectivity index (χ1) is 10.9. The monoisotopic (exact) mass is 331 g/mol. The first-order valence-corrected chi connectivity index (χ1v) is 8.05. The van der Waals surface area contributed by atoms with Crippen molar-refractivity contribution in [2.24, 2.45) is 0 Å². The molecule has 1 aromatic heterocycles. The Morgan fingerprint density at radius 3 is 2.70 bits per heavy atom. The van der Waals surface area contributed by atoms with Gasteiger partial charge in [0.15, 0.2) is 6.10 Å². The number of carbonyl (C=O) groups is 1. The molecule has 2 aromatic rings. The van der Waals surface area contributed by atoms with Crippen molar-refractivity contribution in [1.29, 1.82) is 5.26 Å². The summed E-state index contributed by atoms with van der Waals surface area (Å²) in [5, 5.41) is 8.97. The molecule has 8 heteroatoms. The lowest BCUT2D eigenvalue weighted by Crippen LogP contribution is -2.40. The van der Waals surface area contributed by atoms with E-state index in [1.165, 1.54) is 37.4 Å². The Labute approximate surface area is 133 Å². The lowest BCUT2D eigenvalue weighted by atomic mass is 10.2. The van der Waals surface area contributed by atoms with Crippen LogP contribution in [0.25, 0.3) is 0 Å². The molecule has 7 nitrogen and oxygen atoms in total. The molecule has 0 aliphatic carbocycles. The van der Waals surface area contributed by atoms with Crippen LogP contribution in [0.3, 0.4) is 0 Å². The number of nitrogens with zero attached hydrogens (tertiary/aromatic N) is 2. The fourth-order valence-electron chi connectivity index (χ4n) is 1.69. The zero-order chi connectivity index (χ0) is 16.9. The number of carbonyl (C=O) groups excluding carboxylic acids is 1. The van der Waals surface area contributed by atoms with Crippen molar-refractivity contribution in [2.45, 2.75) is 17.9 Å². The Morgan fingerprint density at radius 2 is 2.04 bits per heavy atom. The van der Waals surface area contributed by atoms with E-state index >= 15 is 0 Å². The smallest absolute Gasteiger partial charge is 0.274 e. The summed E-state index contributed by atoms with van der Waals surface area (Å²) in [5.41, 5.74) is 0.252. The van der Waals surface area contributed by atoms with Gasteiger partial charge in [0.25, 0.3) is 15.9 Å². The van der Waals surface area contributed by atoms with Gasteiger partial charge in [-0.2, -0.15) is 5.26 Å². The van der Waals surface area contributed by atoms with Crippen LogP contribution in [0.1, 0.15) is 12.5 Å². The number of hydrogen-bond acceptors (Lipinski definition) is 6. The number of nitrogens with one attached hydrogen (secondary N) is 1. The van der Waals surface area contributed by atoms with Crippen LogP contribution in [0.2, 0.25) is 0 Å². The van der Waals surface area contributed by atoms with Gasteiger partial charge >= 0.3 is 0 Å². The Balaban J connectivity index is 2.10. The molecule has 0 aliphatic rings. The average molecular weight is 331 g/mol. The van der Waals surface area contributed by atoms with E-state index in [1.54, 1.807) is 12.1 Å². The average Bonchev–Trinajstić information content (AvgIpc) is 2.55. The third kappa shape index (κ3) is 4.05. The third-order valence-corrected chi connectivity index (χ3v) is 4.19. The first kappa shape index (κ1) is 16.5. The van der Waals surface area contributed by atoms with Gasteiger partial charge in [0.1, 0.15) is 16.7 Å². The zero-order valence-corrected chi connectivity index (χ0v) is 12.9. The highest BCUT2D eigenvalue weighted by Gasteiger charge is 2.23. The summed E-state index contributed by atoms with van der Waals surface area (Å²) in [6, 6.07) is 11.1. The first-order valence-electron chi connectivity index (χ1n) is 6.56. The minimum absolute atomic E-state index is 0.127. The van der Waals surface area contributed by atoms with Crippen LogP contribution in [-0.2, 0) is 14.8 Å². The maximum absolute atomic E-state index is 12.0. The second-order valence-electron chi connectivity index (χ2n) is 4.53. The second-order valence-corrected chi connectivity index (χ2v) is 6.21. The quantitative estimate of drug-likeness (QED) is 0.882. The molecule has 1 aromatic carbocycles. The van der Waals surface area contributed by atoms with Crippen LogP contribution >= 0.6 is 0 Å². The highest BCUT2D eigenvalue weighted by atomic mass is 32.2. The van der Waals surface area contributed by atoms with E-state index in [2.05, 4.69) is 4.98 Å². The molecule has 0 spiro atoms. The van der Waals surface area contributed by atoms with Crippen molar-refractivity contribution in [3.05, 3.63) is 54.4 Å². The standard InChI is InChI=1S/C15H13N3O4S/c1-11(22-14-7-3-2-5-12(14)9-16)15(19)18-23(20,21)13-6-4-8-17-10-13/h2-8,10-11H,1H3,(H,18,19)/t11-/m0/s1. The molecule has 0 radical (unpaired) electrons. The molecule has 1 amide bonds. The summed E-state index contributed by atoms with van der Waals surface area (Å²) in [6.07, 6.45) is 1.45.